The number of carbonyl (C=O) groups excluding carboxylic acids is 2. The van der Waals surface area contributed by atoms with Crippen molar-refractivity contribution < 1.29 is 9.59 Å². The van der Waals surface area contributed by atoms with Crippen LogP contribution in [0.15, 0.2) is 23.2 Å². The minimum atomic E-state index is -0.507. The zero-order valence-corrected chi connectivity index (χ0v) is 11.9. The molecule has 1 aliphatic rings. The van der Waals surface area contributed by atoms with Crippen LogP contribution < -0.4 is 5.32 Å². The lowest BCUT2D eigenvalue weighted by Crippen LogP contribution is -2.43. The van der Waals surface area contributed by atoms with Gasteiger partial charge in [0.05, 0.1) is 12.0 Å². The third kappa shape index (κ3) is 2.80. The minimum absolute atomic E-state index is 0.0720. The molecule has 1 heterocycles. The summed E-state index contributed by atoms with van der Waals surface area (Å²) in [7, 11) is 0. The lowest BCUT2D eigenvalue weighted by atomic mass is 9.85. The smallest absolute Gasteiger partial charge is 0.328 e. The first-order chi connectivity index (χ1) is 8.90. The standard InChI is InChI=1S/C13H12Cl2N2O2/c1-6-11(7(2)18)12(17-13(19)16-6)9-4-3-8(14)5-10(9)15/h3-5,11-12H,1-2H3,(H,17,19). The van der Waals surface area contributed by atoms with Gasteiger partial charge in [0.2, 0.25) is 0 Å². The monoisotopic (exact) mass is 298 g/mol. The van der Waals surface area contributed by atoms with E-state index < -0.39 is 18.0 Å². The largest absolute Gasteiger partial charge is 0.341 e. The van der Waals surface area contributed by atoms with Gasteiger partial charge < -0.3 is 5.32 Å². The zero-order valence-electron chi connectivity index (χ0n) is 10.4. The predicted octanol–water partition coefficient (Wildman–Crippen LogP) is 3.42. The van der Waals surface area contributed by atoms with E-state index in [1.807, 2.05) is 0 Å². The lowest BCUT2D eigenvalue weighted by molar-refractivity contribution is -0.119. The van der Waals surface area contributed by atoms with Crippen molar-refractivity contribution in [2.45, 2.75) is 19.9 Å². The molecule has 1 aromatic rings. The molecule has 0 aromatic heterocycles. The normalized spacial score (nSPS) is 22.7. The van der Waals surface area contributed by atoms with Gasteiger partial charge in [-0.15, -0.1) is 0 Å². The first-order valence-electron chi connectivity index (χ1n) is 5.71. The number of Topliss-reactive ketones (excluding diaryl/α,β-unsaturated/α-hetero) is 1. The van der Waals surface area contributed by atoms with Gasteiger partial charge in [0.1, 0.15) is 5.78 Å². The van der Waals surface area contributed by atoms with Crippen LogP contribution in [0, 0.1) is 5.92 Å². The number of urea groups is 1. The van der Waals surface area contributed by atoms with Crippen LogP contribution in [0.2, 0.25) is 10.0 Å². The summed E-state index contributed by atoms with van der Waals surface area (Å²) >= 11 is 12.0. The summed E-state index contributed by atoms with van der Waals surface area (Å²) in [6.45, 7) is 3.14. The third-order valence-corrected chi connectivity index (χ3v) is 3.64. The number of nitrogens with zero attached hydrogens (tertiary/aromatic N) is 1. The number of hydrogen-bond acceptors (Lipinski definition) is 2. The average Bonchev–Trinajstić information content (AvgIpc) is 2.26. The highest BCUT2D eigenvalue weighted by Gasteiger charge is 2.35. The Bertz CT molecular complexity index is 584. The summed E-state index contributed by atoms with van der Waals surface area (Å²) in [5.74, 6) is -0.575. The molecule has 2 atom stereocenters. The molecule has 6 heteroatoms. The second-order valence-corrected chi connectivity index (χ2v) is 5.28. The van der Waals surface area contributed by atoms with E-state index in [-0.39, 0.29) is 5.78 Å². The third-order valence-electron chi connectivity index (χ3n) is 3.08. The molecule has 0 bridgehead atoms. The highest BCUT2D eigenvalue weighted by Crippen LogP contribution is 2.33. The molecule has 0 fully saturated rings. The maximum Gasteiger partial charge on any atom is 0.341 e. The second kappa shape index (κ2) is 5.31. The molecule has 0 aliphatic carbocycles. The van der Waals surface area contributed by atoms with Crippen molar-refractivity contribution in [3.63, 3.8) is 0 Å². The lowest BCUT2D eigenvalue weighted by Gasteiger charge is -2.30. The van der Waals surface area contributed by atoms with E-state index in [2.05, 4.69) is 10.3 Å². The van der Waals surface area contributed by atoms with Crippen molar-refractivity contribution in [1.82, 2.24) is 5.32 Å². The zero-order chi connectivity index (χ0) is 14.2. The summed E-state index contributed by atoms with van der Waals surface area (Å²) < 4.78 is 0. The van der Waals surface area contributed by atoms with Crippen molar-refractivity contribution in [2.75, 3.05) is 0 Å². The molecular weight excluding hydrogens is 287 g/mol. The second-order valence-electron chi connectivity index (χ2n) is 4.43. The van der Waals surface area contributed by atoms with Gasteiger partial charge in [-0.25, -0.2) is 9.79 Å². The molecule has 2 amide bonds. The first kappa shape index (κ1) is 14.0. The number of hydrogen-bond donors (Lipinski definition) is 1. The van der Waals surface area contributed by atoms with Gasteiger partial charge in [-0.3, -0.25) is 4.79 Å². The minimum Gasteiger partial charge on any atom is -0.328 e. The van der Waals surface area contributed by atoms with Gasteiger partial charge in [0.15, 0.2) is 0 Å². The Hall–Kier alpha value is -1.39. The fraction of sp³-hybridized carbons (Fsp3) is 0.308. The van der Waals surface area contributed by atoms with Crippen molar-refractivity contribution in [1.29, 1.82) is 0 Å². The molecule has 1 aromatic carbocycles. The SMILES string of the molecule is CC(=O)C1C(C)=NC(=O)NC1c1ccc(Cl)cc1Cl. The number of aliphatic imine (C=N–C) groups is 1. The number of halogens is 2. The Morgan fingerprint density at radius 2 is 2.05 bits per heavy atom. The van der Waals surface area contributed by atoms with Gasteiger partial charge in [0.25, 0.3) is 0 Å². The van der Waals surface area contributed by atoms with Gasteiger partial charge in [-0.2, -0.15) is 0 Å². The molecule has 2 unspecified atom stereocenters. The summed E-state index contributed by atoms with van der Waals surface area (Å²) in [6, 6.07) is 4.00. The first-order valence-corrected chi connectivity index (χ1v) is 6.47. The molecule has 4 nitrogen and oxygen atoms in total. The highest BCUT2D eigenvalue weighted by atomic mass is 35.5. The summed E-state index contributed by atoms with van der Waals surface area (Å²) in [4.78, 5) is 27.1. The fourth-order valence-corrected chi connectivity index (χ4v) is 2.79. The maximum absolute atomic E-state index is 11.8. The summed E-state index contributed by atoms with van der Waals surface area (Å²) in [6.07, 6.45) is 0. The molecule has 1 N–H and O–H groups in total. The Balaban J connectivity index is 2.49. The van der Waals surface area contributed by atoms with Gasteiger partial charge in [-0.05, 0) is 31.5 Å². The van der Waals surface area contributed by atoms with Gasteiger partial charge >= 0.3 is 6.03 Å². The molecule has 0 spiro atoms. The molecular formula is C13H12Cl2N2O2. The van der Waals surface area contributed by atoms with E-state index in [1.54, 1.807) is 25.1 Å². The number of amides is 2. The van der Waals surface area contributed by atoms with E-state index in [4.69, 9.17) is 23.2 Å². The van der Waals surface area contributed by atoms with E-state index in [0.29, 0.717) is 21.3 Å². The molecule has 100 valence electrons. The number of ketones is 1. The van der Waals surface area contributed by atoms with Crippen molar-refractivity contribution >= 4 is 40.7 Å². The molecule has 0 saturated heterocycles. The van der Waals surface area contributed by atoms with E-state index in [0.717, 1.165) is 0 Å². The van der Waals surface area contributed by atoms with E-state index in [1.165, 1.54) is 6.92 Å². The Labute approximate surface area is 120 Å². The van der Waals surface area contributed by atoms with Gasteiger partial charge in [0, 0.05) is 15.8 Å². The highest BCUT2D eigenvalue weighted by molar-refractivity contribution is 6.35. The van der Waals surface area contributed by atoms with Crippen LogP contribution in [0.4, 0.5) is 4.79 Å². The molecule has 0 saturated carbocycles. The van der Waals surface area contributed by atoms with Crippen LogP contribution in [0.25, 0.3) is 0 Å². The number of carbonyl (C=O) groups is 2. The number of rotatable bonds is 2. The summed E-state index contributed by atoms with van der Waals surface area (Å²) in [5.41, 5.74) is 1.15. The molecule has 2 rings (SSSR count). The van der Waals surface area contributed by atoms with Crippen LogP contribution >= 0.6 is 23.2 Å². The van der Waals surface area contributed by atoms with Crippen LogP contribution in [0.3, 0.4) is 0 Å². The van der Waals surface area contributed by atoms with Crippen molar-refractivity contribution in [3.8, 4) is 0 Å². The fourth-order valence-electron chi connectivity index (χ4n) is 2.26. The maximum atomic E-state index is 11.8. The van der Waals surface area contributed by atoms with E-state index >= 15 is 0 Å². The van der Waals surface area contributed by atoms with Crippen LogP contribution in [0.1, 0.15) is 25.5 Å². The quantitative estimate of drug-likeness (QED) is 0.909. The predicted molar refractivity (Wildman–Crippen MR) is 75.0 cm³/mol. The van der Waals surface area contributed by atoms with Crippen molar-refractivity contribution in [2.24, 2.45) is 10.9 Å². The van der Waals surface area contributed by atoms with E-state index in [9.17, 15) is 9.59 Å². The Kier molecular flexibility index (Phi) is 3.92. The number of benzene rings is 1. The summed E-state index contributed by atoms with van der Waals surface area (Å²) in [5, 5.41) is 3.60. The van der Waals surface area contributed by atoms with Crippen LogP contribution in [-0.2, 0) is 4.79 Å². The molecule has 19 heavy (non-hydrogen) atoms. The topological polar surface area (TPSA) is 58.5 Å². The van der Waals surface area contributed by atoms with Crippen LogP contribution in [-0.4, -0.2) is 17.5 Å². The molecule has 1 aliphatic heterocycles. The Morgan fingerprint density at radius 3 is 2.63 bits per heavy atom. The van der Waals surface area contributed by atoms with Gasteiger partial charge in [-0.1, -0.05) is 29.3 Å². The average molecular weight is 299 g/mol. The van der Waals surface area contributed by atoms with Crippen LogP contribution in [0.5, 0.6) is 0 Å². The molecule has 0 radical (unpaired) electrons. The number of nitrogens with one attached hydrogen (secondary N) is 1. The Morgan fingerprint density at radius 1 is 1.37 bits per heavy atom. The van der Waals surface area contributed by atoms with Crippen molar-refractivity contribution in [3.05, 3.63) is 33.8 Å².